The molecule has 8 heteroatoms. The molecule has 2 aromatic rings. The highest BCUT2D eigenvalue weighted by molar-refractivity contribution is 6.32. The Hall–Kier alpha value is -2.02. The number of rotatable bonds is 3. The SMILES string of the molecule is CCc1nn(-c2ccncn2)c(Cl)c1[N+](=O)[O-]. The van der Waals surface area contributed by atoms with Gasteiger partial charge < -0.3 is 0 Å². The van der Waals surface area contributed by atoms with Crippen molar-refractivity contribution in [3.8, 4) is 5.82 Å². The molecule has 0 aliphatic carbocycles. The van der Waals surface area contributed by atoms with Crippen LogP contribution in [-0.2, 0) is 6.42 Å². The lowest BCUT2D eigenvalue weighted by Crippen LogP contribution is -2.00. The molecular weight excluding hydrogens is 246 g/mol. The Labute approximate surface area is 101 Å². The number of hydrogen-bond donors (Lipinski definition) is 0. The second kappa shape index (κ2) is 4.46. The lowest BCUT2D eigenvalue weighted by molar-refractivity contribution is -0.385. The van der Waals surface area contributed by atoms with Gasteiger partial charge >= 0.3 is 5.69 Å². The standard InChI is InChI=1S/C9H8ClN5O2/c1-2-6-8(15(16)17)9(10)14(13-6)7-3-4-11-5-12-7/h3-5H,2H2,1H3. The van der Waals surface area contributed by atoms with Crippen LogP contribution in [0.4, 0.5) is 5.69 Å². The number of nitrogens with zero attached hydrogens (tertiary/aromatic N) is 5. The monoisotopic (exact) mass is 253 g/mol. The van der Waals surface area contributed by atoms with Gasteiger partial charge in [-0.3, -0.25) is 10.1 Å². The maximum atomic E-state index is 10.9. The minimum absolute atomic E-state index is 0.0504. The summed E-state index contributed by atoms with van der Waals surface area (Å²) in [5.41, 5.74) is 0.159. The van der Waals surface area contributed by atoms with Gasteiger partial charge in [0.1, 0.15) is 12.0 Å². The highest BCUT2D eigenvalue weighted by Crippen LogP contribution is 2.30. The highest BCUT2D eigenvalue weighted by Gasteiger charge is 2.26. The third kappa shape index (κ3) is 1.96. The van der Waals surface area contributed by atoms with Crippen molar-refractivity contribution in [3.05, 3.63) is 39.6 Å². The zero-order valence-electron chi connectivity index (χ0n) is 8.87. The minimum atomic E-state index is -0.536. The van der Waals surface area contributed by atoms with Crippen molar-refractivity contribution in [3.63, 3.8) is 0 Å². The van der Waals surface area contributed by atoms with E-state index < -0.39 is 4.92 Å². The smallest absolute Gasteiger partial charge is 0.258 e. The average Bonchev–Trinajstić information content (AvgIpc) is 2.67. The second-order valence-corrected chi connectivity index (χ2v) is 3.53. The third-order valence-electron chi connectivity index (χ3n) is 2.18. The van der Waals surface area contributed by atoms with Gasteiger partial charge in [-0.25, -0.2) is 9.97 Å². The van der Waals surface area contributed by atoms with E-state index in [4.69, 9.17) is 11.6 Å². The highest BCUT2D eigenvalue weighted by atomic mass is 35.5. The summed E-state index contributed by atoms with van der Waals surface area (Å²) in [6.07, 6.45) is 3.26. The van der Waals surface area contributed by atoms with Crippen molar-refractivity contribution >= 4 is 17.3 Å². The minimum Gasteiger partial charge on any atom is -0.258 e. The summed E-state index contributed by atoms with van der Waals surface area (Å²) in [5, 5.41) is 14.9. The Bertz CT molecular complexity index is 554. The Morgan fingerprint density at radius 1 is 1.59 bits per heavy atom. The molecule has 0 aromatic carbocycles. The number of nitro groups is 1. The fourth-order valence-corrected chi connectivity index (χ4v) is 1.71. The van der Waals surface area contributed by atoms with E-state index in [2.05, 4.69) is 15.1 Å². The van der Waals surface area contributed by atoms with Crippen LogP contribution in [0, 0.1) is 10.1 Å². The number of hydrogen-bond acceptors (Lipinski definition) is 5. The number of aromatic nitrogens is 4. The first-order valence-electron chi connectivity index (χ1n) is 4.83. The van der Waals surface area contributed by atoms with Crippen molar-refractivity contribution in [1.82, 2.24) is 19.7 Å². The van der Waals surface area contributed by atoms with E-state index in [-0.39, 0.29) is 10.8 Å². The van der Waals surface area contributed by atoms with Crippen molar-refractivity contribution in [2.45, 2.75) is 13.3 Å². The molecule has 2 heterocycles. The molecule has 7 nitrogen and oxygen atoms in total. The summed E-state index contributed by atoms with van der Waals surface area (Å²) in [7, 11) is 0. The van der Waals surface area contributed by atoms with Crippen LogP contribution in [0.3, 0.4) is 0 Å². The van der Waals surface area contributed by atoms with E-state index in [1.807, 2.05) is 0 Å². The molecule has 0 bridgehead atoms. The topological polar surface area (TPSA) is 86.7 Å². The summed E-state index contributed by atoms with van der Waals surface area (Å²) >= 11 is 5.94. The van der Waals surface area contributed by atoms with E-state index in [9.17, 15) is 10.1 Å². The summed E-state index contributed by atoms with van der Waals surface area (Å²) < 4.78 is 1.24. The molecule has 88 valence electrons. The van der Waals surface area contributed by atoms with Crippen LogP contribution in [0.5, 0.6) is 0 Å². The lowest BCUT2D eigenvalue weighted by Gasteiger charge is -1.98. The van der Waals surface area contributed by atoms with E-state index >= 15 is 0 Å². The summed E-state index contributed by atoms with van der Waals surface area (Å²) in [6, 6.07) is 1.57. The quantitative estimate of drug-likeness (QED) is 0.615. The molecule has 0 spiro atoms. The predicted molar refractivity (Wildman–Crippen MR) is 60.2 cm³/mol. The first-order chi connectivity index (χ1) is 8.15. The Kier molecular flexibility index (Phi) is 3.01. The van der Waals surface area contributed by atoms with Crippen LogP contribution >= 0.6 is 11.6 Å². The predicted octanol–water partition coefficient (Wildman–Crippen LogP) is 1.79. The van der Waals surface area contributed by atoms with Crippen molar-refractivity contribution in [2.24, 2.45) is 0 Å². The Morgan fingerprint density at radius 3 is 2.82 bits per heavy atom. The van der Waals surface area contributed by atoms with Gasteiger partial charge in [0.25, 0.3) is 0 Å². The Balaban J connectivity index is 2.61. The van der Waals surface area contributed by atoms with Crippen LogP contribution < -0.4 is 0 Å². The fraction of sp³-hybridized carbons (Fsp3) is 0.222. The van der Waals surface area contributed by atoms with E-state index in [1.54, 1.807) is 13.0 Å². The summed E-state index contributed by atoms with van der Waals surface area (Å²) in [4.78, 5) is 18.0. The van der Waals surface area contributed by atoms with Gasteiger partial charge in [-0.15, -0.1) is 0 Å². The van der Waals surface area contributed by atoms with Crippen molar-refractivity contribution in [1.29, 1.82) is 0 Å². The van der Waals surface area contributed by atoms with Gasteiger partial charge in [0.2, 0.25) is 5.15 Å². The molecule has 0 atom stereocenters. The molecule has 0 fully saturated rings. The molecule has 2 aromatic heterocycles. The summed E-state index contributed by atoms with van der Waals surface area (Å²) in [5.74, 6) is 0.396. The number of aryl methyl sites for hydroxylation is 1. The molecule has 17 heavy (non-hydrogen) atoms. The van der Waals surface area contributed by atoms with Crippen LogP contribution in [0.15, 0.2) is 18.6 Å². The molecular formula is C9H8ClN5O2. The van der Waals surface area contributed by atoms with Gasteiger partial charge in [0.15, 0.2) is 5.82 Å². The lowest BCUT2D eigenvalue weighted by atomic mass is 10.3. The molecule has 0 N–H and O–H groups in total. The van der Waals surface area contributed by atoms with Crippen LogP contribution in [0.1, 0.15) is 12.6 Å². The van der Waals surface area contributed by atoms with Crippen LogP contribution in [0.25, 0.3) is 5.82 Å². The first kappa shape index (κ1) is 11.5. The van der Waals surface area contributed by atoms with Gasteiger partial charge in [-0.05, 0) is 6.42 Å². The normalized spacial score (nSPS) is 10.5. The van der Waals surface area contributed by atoms with Gasteiger partial charge in [0.05, 0.1) is 4.92 Å². The molecule has 0 saturated carbocycles. The number of halogens is 1. The van der Waals surface area contributed by atoms with Crippen LogP contribution in [0.2, 0.25) is 5.15 Å². The van der Waals surface area contributed by atoms with Crippen molar-refractivity contribution in [2.75, 3.05) is 0 Å². The van der Waals surface area contributed by atoms with Gasteiger partial charge in [0, 0.05) is 12.3 Å². The molecule has 0 radical (unpaired) electrons. The third-order valence-corrected chi connectivity index (χ3v) is 2.52. The zero-order valence-corrected chi connectivity index (χ0v) is 9.63. The van der Waals surface area contributed by atoms with Gasteiger partial charge in [-0.2, -0.15) is 9.78 Å². The van der Waals surface area contributed by atoms with E-state index in [1.165, 1.54) is 17.2 Å². The maximum absolute atomic E-state index is 10.9. The molecule has 0 aliphatic heterocycles. The largest absolute Gasteiger partial charge is 0.329 e. The molecule has 0 unspecified atom stereocenters. The molecule has 0 amide bonds. The molecule has 2 rings (SSSR count). The van der Waals surface area contributed by atoms with E-state index in [0.29, 0.717) is 17.9 Å². The molecule has 0 aliphatic rings. The van der Waals surface area contributed by atoms with Gasteiger partial charge in [-0.1, -0.05) is 18.5 Å². The fourth-order valence-electron chi connectivity index (χ4n) is 1.41. The second-order valence-electron chi connectivity index (χ2n) is 3.18. The van der Waals surface area contributed by atoms with E-state index in [0.717, 1.165) is 0 Å². The maximum Gasteiger partial charge on any atom is 0.329 e. The van der Waals surface area contributed by atoms with Crippen LogP contribution in [-0.4, -0.2) is 24.7 Å². The zero-order chi connectivity index (χ0) is 12.4. The van der Waals surface area contributed by atoms with Crippen molar-refractivity contribution < 1.29 is 4.92 Å². The average molecular weight is 254 g/mol. The molecule has 0 saturated heterocycles. The first-order valence-corrected chi connectivity index (χ1v) is 5.21. The Morgan fingerprint density at radius 2 is 2.35 bits per heavy atom. The summed E-state index contributed by atoms with van der Waals surface area (Å²) in [6.45, 7) is 1.77.